The SMILES string of the molecule is COc1ncccc1C(=O)N1CCOC(C(=O)N2CCCN(C)CC2)C1. The molecule has 2 saturated heterocycles. The van der Waals surface area contributed by atoms with Gasteiger partial charge in [-0.1, -0.05) is 0 Å². The van der Waals surface area contributed by atoms with Crippen LogP contribution in [-0.4, -0.2) is 97.6 Å². The molecule has 2 fully saturated rings. The second kappa shape index (κ2) is 8.46. The molecule has 0 aliphatic carbocycles. The first-order valence-corrected chi connectivity index (χ1v) is 8.97. The van der Waals surface area contributed by atoms with E-state index >= 15 is 0 Å². The number of nitrogens with zero attached hydrogens (tertiary/aromatic N) is 4. The van der Waals surface area contributed by atoms with Gasteiger partial charge in [-0.25, -0.2) is 4.98 Å². The van der Waals surface area contributed by atoms with Gasteiger partial charge in [-0.2, -0.15) is 0 Å². The van der Waals surface area contributed by atoms with Gasteiger partial charge in [0, 0.05) is 32.4 Å². The number of morpholine rings is 1. The molecule has 1 unspecified atom stereocenters. The van der Waals surface area contributed by atoms with Crippen LogP contribution in [0, 0.1) is 0 Å². The number of amides is 2. The summed E-state index contributed by atoms with van der Waals surface area (Å²) in [6, 6.07) is 3.39. The number of likely N-dealkylation sites (N-methyl/N-ethyl adjacent to an activating group) is 1. The zero-order valence-electron chi connectivity index (χ0n) is 15.4. The summed E-state index contributed by atoms with van der Waals surface area (Å²) in [7, 11) is 3.55. The van der Waals surface area contributed by atoms with Gasteiger partial charge >= 0.3 is 0 Å². The third kappa shape index (κ3) is 4.13. The molecule has 1 aromatic heterocycles. The van der Waals surface area contributed by atoms with Crippen molar-refractivity contribution in [1.82, 2.24) is 19.7 Å². The maximum Gasteiger partial charge on any atom is 0.259 e. The molecule has 0 spiro atoms. The summed E-state index contributed by atoms with van der Waals surface area (Å²) < 4.78 is 10.9. The van der Waals surface area contributed by atoms with Crippen LogP contribution in [0.3, 0.4) is 0 Å². The topological polar surface area (TPSA) is 75.2 Å². The van der Waals surface area contributed by atoms with Gasteiger partial charge in [-0.15, -0.1) is 0 Å². The lowest BCUT2D eigenvalue weighted by molar-refractivity contribution is -0.148. The van der Waals surface area contributed by atoms with E-state index in [-0.39, 0.29) is 18.4 Å². The lowest BCUT2D eigenvalue weighted by Crippen LogP contribution is -2.53. The standard InChI is InChI=1S/C18H26N4O4/c1-20-7-4-8-21(10-9-20)18(24)15-13-22(11-12-26-15)17(23)14-5-3-6-19-16(14)25-2/h3,5-6,15H,4,7-13H2,1-2H3. The van der Waals surface area contributed by atoms with E-state index in [9.17, 15) is 9.59 Å². The number of carbonyl (C=O) groups is 2. The molecule has 2 amide bonds. The highest BCUT2D eigenvalue weighted by atomic mass is 16.5. The first-order valence-electron chi connectivity index (χ1n) is 8.97. The van der Waals surface area contributed by atoms with Crippen LogP contribution in [0.15, 0.2) is 18.3 Å². The van der Waals surface area contributed by atoms with Crippen LogP contribution in [-0.2, 0) is 9.53 Å². The first-order chi connectivity index (χ1) is 12.6. The minimum atomic E-state index is -0.612. The number of methoxy groups -OCH3 is 1. The summed E-state index contributed by atoms with van der Waals surface area (Å²) in [4.78, 5) is 35.5. The average Bonchev–Trinajstić information content (AvgIpc) is 2.91. The van der Waals surface area contributed by atoms with Gasteiger partial charge in [0.15, 0.2) is 6.10 Å². The average molecular weight is 362 g/mol. The third-order valence-corrected chi connectivity index (χ3v) is 4.86. The molecule has 0 bridgehead atoms. The summed E-state index contributed by atoms with van der Waals surface area (Å²) >= 11 is 0. The van der Waals surface area contributed by atoms with Gasteiger partial charge in [0.25, 0.3) is 11.8 Å². The molecular weight excluding hydrogens is 336 g/mol. The number of ether oxygens (including phenoxy) is 2. The lowest BCUT2D eigenvalue weighted by atomic mass is 10.2. The second-order valence-corrected chi connectivity index (χ2v) is 6.65. The Balaban J connectivity index is 1.67. The molecule has 2 aliphatic heterocycles. The Kier molecular flexibility index (Phi) is 6.05. The Hall–Kier alpha value is -2.19. The van der Waals surface area contributed by atoms with Crippen LogP contribution >= 0.6 is 0 Å². The van der Waals surface area contributed by atoms with Crippen molar-refractivity contribution in [2.45, 2.75) is 12.5 Å². The molecule has 1 aromatic rings. The number of rotatable bonds is 3. The molecular formula is C18H26N4O4. The molecule has 0 saturated carbocycles. The van der Waals surface area contributed by atoms with Crippen molar-refractivity contribution in [1.29, 1.82) is 0 Å². The van der Waals surface area contributed by atoms with Crippen molar-refractivity contribution in [3.8, 4) is 5.88 Å². The van der Waals surface area contributed by atoms with E-state index in [1.165, 1.54) is 7.11 Å². The van der Waals surface area contributed by atoms with Crippen LogP contribution in [0.25, 0.3) is 0 Å². The molecule has 2 aliphatic rings. The van der Waals surface area contributed by atoms with Crippen LogP contribution in [0.1, 0.15) is 16.8 Å². The van der Waals surface area contributed by atoms with Crippen LogP contribution in [0.5, 0.6) is 5.88 Å². The van der Waals surface area contributed by atoms with Gasteiger partial charge in [-0.3, -0.25) is 9.59 Å². The molecule has 8 nitrogen and oxygen atoms in total. The van der Waals surface area contributed by atoms with Gasteiger partial charge < -0.3 is 24.2 Å². The second-order valence-electron chi connectivity index (χ2n) is 6.65. The highest BCUT2D eigenvalue weighted by Crippen LogP contribution is 2.19. The molecule has 0 aromatic carbocycles. The lowest BCUT2D eigenvalue weighted by Gasteiger charge is -2.34. The predicted molar refractivity (Wildman–Crippen MR) is 95.1 cm³/mol. The fourth-order valence-electron chi connectivity index (χ4n) is 3.34. The summed E-state index contributed by atoms with van der Waals surface area (Å²) in [6.45, 7) is 4.31. The van der Waals surface area contributed by atoms with Crippen molar-refractivity contribution in [3.05, 3.63) is 23.9 Å². The van der Waals surface area contributed by atoms with E-state index in [2.05, 4.69) is 16.9 Å². The van der Waals surface area contributed by atoms with Crippen molar-refractivity contribution >= 4 is 11.8 Å². The first kappa shape index (κ1) is 18.6. The molecule has 26 heavy (non-hydrogen) atoms. The molecule has 8 heteroatoms. The molecule has 3 rings (SSSR count). The number of carbonyl (C=O) groups excluding carboxylic acids is 2. The molecule has 0 radical (unpaired) electrons. The number of pyridine rings is 1. The van der Waals surface area contributed by atoms with E-state index in [4.69, 9.17) is 9.47 Å². The van der Waals surface area contributed by atoms with E-state index in [0.29, 0.717) is 31.1 Å². The molecule has 3 heterocycles. The van der Waals surface area contributed by atoms with E-state index in [0.717, 1.165) is 26.1 Å². The van der Waals surface area contributed by atoms with Gasteiger partial charge in [-0.05, 0) is 32.1 Å². The summed E-state index contributed by atoms with van der Waals surface area (Å²) in [6.07, 6.45) is 1.92. The Morgan fingerprint density at radius 1 is 1.19 bits per heavy atom. The molecule has 1 atom stereocenters. The van der Waals surface area contributed by atoms with E-state index in [1.54, 1.807) is 23.2 Å². The highest BCUT2D eigenvalue weighted by Gasteiger charge is 2.33. The summed E-state index contributed by atoms with van der Waals surface area (Å²) in [5, 5.41) is 0. The Morgan fingerprint density at radius 2 is 2.04 bits per heavy atom. The van der Waals surface area contributed by atoms with Crippen molar-refractivity contribution in [2.75, 3.05) is 60.0 Å². The van der Waals surface area contributed by atoms with Crippen molar-refractivity contribution < 1.29 is 19.1 Å². The van der Waals surface area contributed by atoms with Crippen LogP contribution in [0.4, 0.5) is 0 Å². The highest BCUT2D eigenvalue weighted by molar-refractivity contribution is 5.96. The van der Waals surface area contributed by atoms with E-state index in [1.807, 2.05) is 4.90 Å². The number of aromatic nitrogens is 1. The largest absolute Gasteiger partial charge is 0.480 e. The van der Waals surface area contributed by atoms with Gasteiger partial charge in [0.2, 0.25) is 5.88 Å². The maximum atomic E-state index is 12.8. The predicted octanol–water partition coefficient (Wildman–Crippen LogP) is 0.0953. The fourth-order valence-corrected chi connectivity index (χ4v) is 3.34. The molecule has 142 valence electrons. The molecule has 0 N–H and O–H groups in total. The number of hydrogen-bond donors (Lipinski definition) is 0. The summed E-state index contributed by atoms with van der Waals surface area (Å²) in [5.41, 5.74) is 0.402. The fraction of sp³-hybridized carbons (Fsp3) is 0.611. The third-order valence-electron chi connectivity index (χ3n) is 4.86. The van der Waals surface area contributed by atoms with Crippen molar-refractivity contribution in [3.63, 3.8) is 0 Å². The maximum absolute atomic E-state index is 12.8. The number of hydrogen-bond acceptors (Lipinski definition) is 6. The Bertz CT molecular complexity index is 654. The van der Waals surface area contributed by atoms with Crippen LogP contribution in [0.2, 0.25) is 0 Å². The Morgan fingerprint density at radius 3 is 2.85 bits per heavy atom. The van der Waals surface area contributed by atoms with E-state index < -0.39 is 6.10 Å². The van der Waals surface area contributed by atoms with Gasteiger partial charge in [0.05, 0.1) is 20.3 Å². The quantitative estimate of drug-likeness (QED) is 0.759. The zero-order valence-corrected chi connectivity index (χ0v) is 15.4. The smallest absolute Gasteiger partial charge is 0.259 e. The monoisotopic (exact) mass is 362 g/mol. The zero-order chi connectivity index (χ0) is 18.5. The summed E-state index contributed by atoms with van der Waals surface area (Å²) in [5.74, 6) is 0.0741. The minimum absolute atomic E-state index is 0.0315. The van der Waals surface area contributed by atoms with Crippen LogP contribution < -0.4 is 4.74 Å². The van der Waals surface area contributed by atoms with Crippen molar-refractivity contribution in [2.24, 2.45) is 0 Å². The van der Waals surface area contributed by atoms with Gasteiger partial charge in [0.1, 0.15) is 5.56 Å². The minimum Gasteiger partial charge on any atom is -0.480 e. The Labute approximate surface area is 153 Å². The normalized spacial score (nSPS) is 22.0.